The molecule has 2 atom stereocenters. The Morgan fingerprint density at radius 3 is 2.86 bits per heavy atom. The molecule has 0 unspecified atom stereocenters. The van der Waals surface area contributed by atoms with Gasteiger partial charge in [0.05, 0.1) is 15.4 Å². The topological polar surface area (TPSA) is 120 Å². The Kier molecular flexibility index (Phi) is 7.38. The fraction of sp³-hybridized carbons (Fsp3) is 0.400. The summed E-state index contributed by atoms with van der Waals surface area (Å²) in [6.07, 6.45) is 3.37. The van der Waals surface area contributed by atoms with Gasteiger partial charge < -0.3 is 15.0 Å². The van der Waals surface area contributed by atoms with Crippen LogP contribution >= 0.6 is 23.2 Å². The lowest BCUT2D eigenvalue weighted by Crippen LogP contribution is -2.51. The first-order chi connectivity index (χ1) is 17.1. The minimum Gasteiger partial charge on any atom is -0.444 e. The number of nitrogens with zero attached hydrogens (tertiary/aromatic N) is 5. The summed E-state index contributed by atoms with van der Waals surface area (Å²) in [5.74, 6) is 0.411. The highest BCUT2D eigenvalue weighted by molar-refractivity contribution is 6.43. The highest BCUT2D eigenvalue weighted by Crippen LogP contribution is 2.37. The number of alkyl carbamates (subject to hydrolysis) is 1. The van der Waals surface area contributed by atoms with Crippen molar-refractivity contribution in [3.8, 4) is 17.3 Å². The van der Waals surface area contributed by atoms with Crippen molar-refractivity contribution in [2.75, 3.05) is 11.4 Å². The normalized spacial score (nSPS) is 18.1. The minimum atomic E-state index is -0.569. The SMILES string of the molecule is C=CC[C@H]1C[C@H](NC(=O)OC(C)(C)C)CCN1c1nc(C#N)c2c(-c3cccc(Cl)c3Cl)n[nH]c2n1. The molecule has 2 N–H and O–H groups in total. The number of hydrogen-bond donors (Lipinski definition) is 2. The van der Waals surface area contributed by atoms with Gasteiger partial charge in [0.1, 0.15) is 17.4 Å². The molecule has 36 heavy (non-hydrogen) atoms. The van der Waals surface area contributed by atoms with Gasteiger partial charge in [-0.15, -0.1) is 6.58 Å². The van der Waals surface area contributed by atoms with Crippen LogP contribution in [0.1, 0.15) is 45.7 Å². The number of ether oxygens (including phenoxy) is 1. The number of carbonyl (C=O) groups excluding carboxylic acids is 1. The smallest absolute Gasteiger partial charge is 0.407 e. The molecule has 2 aromatic heterocycles. The van der Waals surface area contributed by atoms with Gasteiger partial charge in [0.2, 0.25) is 5.95 Å². The summed E-state index contributed by atoms with van der Waals surface area (Å²) < 4.78 is 5.41. The lowest BCUT2D eigenvalue weighted by Gasteiger charge is -2.39. The molecule has 0 aliphatic carbocycles. The molecule has 1 fully saturated rings. The Morgan fingerprint density at radius 2 is 2.17 bits per heavy atom. The van der Waals surface area contributed by atoms with Crippen LogP contribution in [-0.2, 0) is 4.74 Å². The van der Waals surface area contributed by atoms with Crippen LogP contribution in [0.3, 0.4) is 0 Å². The van der Waals surface area contributed by atoms with Crippen LogP contribution in [0.15, 0.2) is 30.9 Å². The maximum atomic E-state index is 12.3. The number of nitriles is 1. The van der Waals surface area contributed by atoms with Gasteiger partial charge in [0.25, 0.3) is 0 Å². The summed E-state index contributed by atoms with van der Waals surface area (Å²) in [5, 5.41) is 21.4. The number of aromatic nitrogens is 4. The van der Waals surface area contributed by atoms with Crippen LogP contribution in [0.4, 0.5) is 10.7 Å². The minimum absolute atomic E-state index is 0.0232. The molecule has 11 heteroatoms. The highest BCUT2D eigenvalue weighted by Gasteiger charge is 2.32. The van der Waals surface area contributed by atoms with Crippen molar-refractivity contribution in [1.82, 2.24) is 25.5 Å². The molecule has 3 aromatic rings. The molecule has 1 aromatic carbocycles. The van der Waals surface area contributed by atoms with E-state index in [1.54, 1.807) is 18.2 Å². The average Bonchev–Trinajstić information content (AvgIpc) is 3.23. The van der Waals surface area contributed by atoms with Crippen LogP contribution in [0.25, 0.3) is 22.3 Å². The lowest BCUT2D eigenvalue weighted by molar-refractivity contribution is 0.0493. The zero-order chi connectivity index (χ0) is 26.0. The predicted octanol–water partition coefficient (Wildman–Crippen LogP) is 5.64. The molecule has 188 valence electrons. The summed E-state index contributed by atoms with van der Waals surface area (Å²) in [6, 6.07) is 7.31. The number of aromatic amines is 1. The van der Waals surface area contributed by atoms with Crippen LogP contribution in [-0.4, -0.2) is 50.5 Å². The van der Waals surface area contributed by atoms with Gasteiger partial charge in [0, 0.05) is 24.2 Å². The summed E-state index contributed by atoms with van der Waals surface area (Å²) >= 11 is 12.6. The van der Waals surface area contributed by atoms with Gasteiger partial charge in [-0.05, 0) is 46.1 Å². The van der Waals surface area contributed by atoms with E-state index < -0.39 is 11.7 Å². The molecule has 0 bridgehead atoms. The molecule has 0 radical (unpaired) electrons. The number of piperidine rings is 1. The number of benzene rings is 1. The fourth-order valence-electron chi connectivity index (χ4n) is 4.35. The van der Waals surface area contributed by atoms with Gasteiger partial charge in [-0.1, -0.05) is 41.4 Å². The van der Waals surface area contributed by atoms with E-state index in [9.17, 15) is 10.1 Å². The largest absolute Gasteiger partial charge is 0.444 e. The number of rotatable bonds is 5. The second-order valence-electron chi connectivity index (χ2n) is 9.62. The molecular formula is C25H27Cl2N7O2. The third-order valence-corrected chi connectivity index (χ3v) is 6.67. The molecule has 1 aliphatic heterocycles. The number of hydrogen-bond acceptors (Lipinski definition) is 7. The van der Waals surface area contributed by atoms with Crippen molar-refractivity contribution in [3.05, 3.63) is 46.6 Å². The molecule has 4 rings (SSSR count). The Balaban J connectivity index is 1.64. The van der Waals surface area contributed by atoms with Gasteiger partial charge in [-0.3, -0.25) is 5.10 Å². The van der Waals surface area contributed by atoms with E-state index in [-0.39, 0.29) is 17.8 Å². The van der Waals surface area contributed by atoms with Crippen LogP contribution in [0.2, 0.25) is 10.0 Å². The number of H-pyrrole nitrogens is 1. The maximum absolute atomic E-state index is 12.3. The Hall–Kier alpha value is -3.35. The van der Waals surface area contributed by atoms with Gasteiger partial charge in [-0.2, -0.15) is 15.3 Å². The number of amides is 1. The van der Waals surface area contributed by atoms with Crippen LogP contribution in [0.5, 0.6) is 0 Å². The van der Waals surface area contributed by atoms with E-state index in [4.69, 9.17) is 32.9 Å². The first-order valence-corrected chi connectivity index (χ1v) is 12.3. The predicted molar refractivity (Wildman–Crippen MR) is 140 cm³/mol. The average molecular weight is 528 g/mol. The highest BCUT2D eigenvalue weighted by atomic mass is 35.5. The summed E-state index contributed by atoms with van der Waals surface area (Å²) in [4.78, 5) is 23.6. The molecule has 1 amide bonds. The second-order valence-corrected chi connectivity index (χ2v) is 10.4. The van der Waals surface area contributed by atoms with E-state index in [0.29, 0.717) is 64.1 Å². The van der Waals surface area contributed by atoms with Gasteiger partial charge in [-0.25, -0.2) is 9.78 Å². The van der Waals surface area contributed by atoms with Crippen LogP contribution < -0.4 is 10.2 Å². The molecular weight excluding hydrogens is 501 g/mol. The van der Waals surface area contributed by atoms with Crippen molar-refractivity contribution in [1.29, 1.82) is 5.26 Å². The van der Waals surface area contributed by atoms with Crippen molar-refractivity contribution in [2.45, 2.75) is 57.7 Å². The monoisotopic (exact) mass is 527 g/mol. The first-order valence-electron chi connectivity index (χ1n) is 11.6. The van der Waals surface area contributed by atoms with Crippen molar-refractivity contribution >= 4 is 46.3 Å². The Labute approximate surface area is 219 Å². The summed E-state index contributed by atoms with van der Waals surface area (Å²) in [6.45, 7) is 9.95. The number of anilines is 1. The first kappa shape index (κ1) is 25.7. The number of fused-ring (bicyclic) bond motifs is 1. The zero-order valence-electron chi connectivity index (χ0n) is 20.3. The molecule has 3 heterocycles. The van der Waals surface area contributed by atoms with E-state index >= 15 is 0 Å². The molecule has 9 nitrogen and oxygen atoms in total. The molecule has 1 aliphatic rings. The second kappa shape index (κ2) is 10.3. The Morgan fingerprint density at radius 1 is 1.39 bits per heavy atom. The molecule has 0 spiro atoms. The lowest BCUT2D eigenvalue weighted by atomic mass is 9.95. The van der Waals surface area contributed by atoms with E-state index in [1.165, 1.54) is 0 Å². The Bertz CT molecular complexity index is 1340. The molecule has 0 saturated carbocycles. The zero-order valence-corrected chi connectivity index (χ0v) is 21.8. The van der Waals surface area contributed by atoms with Crippen molar-refractivity contribution in [3.63, 3.8) is 0 Å². The summed E-state index contributed by atoms with van der Waals surface area (Å²) in [5.41, 5.74) is 1.08. The number of carbonyl (C=O) groups is 1. The van der Waals surface area contributed by atoms with Crippen LogP contribution in [0, 0.1) is 11.3 Å². The van der Waals surface area contributed by atoms with E-state index in [0.717, 1.165) is 0 Å². The standard InChI is InChI=1S/C25H27Cl2N7O2/c1-5-7-15-12-14(29-24(35)36-25(2,3)4)10-11-34(15)23-30-18(13-28)19-21(32-33-22(19)31-23)16-8-6-9-17(26)20(16)27/h5-6,8-9,14-15H,1,7,10-12H2,2-4H3,(H,29,35)(H,30,31,32,33)/t14-,15+/m1/s1. The fourth-order valence-corrected chi connectivity index (χ4v) is 4.74. The maximum Gasteiger partial charge on any atom is 0.407 e. The van der Waals surface area contributed by atoms with Crippen molar-refractivity contribution in [2.24, 2.45) is 0 Å². The van der Waals surface area contributed by atoms with Gasteiger partial charge >= 0.3 is 6.09 Å². The number of halogens is 2. The third-order valence-electron chi connectivity index (χ3n) is 5.85. The summed E-state index contributed by atoms with van der Waals surface area (Å²) in [7, 11) is 0. The van der Waals surface area contributed by atoms with E-state index in [2.05, 4.69) is 33.1 Å². The number of nitrogens with one attached hydrogen (secondary N) is 2. The van der Waals surface area contributed by atoms with Crippen molar-refractivity contribution < 1.29 is 9.53 Å². The molecule has 1 saturated heterocycles. The quantitative estimate of drug-likeness (QED) is 0.412. The van der Waals surface area contributed by atoms with Gasteiger partial charge in [0.15, 0.2) is 11.3 Å². The third kappa shape index (κ3) is 5.40. The van der Waals surface area contributed by atoms with E-state index in [1.807, 2.05) is 31.7 Å².